The molecule has 1 heterocycles. The lowest BCUT2D eigenvalue weighted by Gasteiger charge is -2.09. The quantitative estimate of drug-likeness (QED) is 0.415. The molecule has 0 unspecified atom stereocenters. The van der Waals surface area contributed by atoms with Gasteiger partial charge in [-0.3, -0.25) is 0 Å². The number of aromatic nitrogens is 1. The fourth-order valence-electron chi connectivity index (χ4n) is 3.32. The molecule has 2 N–H and O–H groups in total. The number of halogens is 1. The maximum absolute atomic E-state index is 13.7. The molecule has 0 bridgehead atoms. The third-order valence-electron chi connectivity index (χ3n) is 4.83. The first-order valence-electron chi connectivity index (χ1n) is 9.50. The molecule has 0 atom stereocenters. The summed E-state index contributed by atoms with van der Waals surface area (Å²) in [5.41, 5.74) is 4.21. The average molecular weight is 374 g/mol. The van der Waals surface area contributed by atoms with E-state index < -0.39 is 0 Å². The Hall–Kier alpha value is -3.11. The number of H-pyrrole nitrogens is 1. The molecule has 0 aliphatic heterocycles. The lowest BCUT2D eigenvalue weighted by atomic mass is 10.1. The minimum Gasteiger partial charge on any atom is -0.489 e. The summed E-state index contributed by atoms with van der Waals surface area (Å²) >= 11 is 0. The van der Waals surface area contributed by atoms with Gasteiger partial charge in [-0.2, -0.15) is 0 Å². The van der Waals surface area contributed by atoms with E-state index in [1.54, 1.807) is 12.1 Å². The van der Waals surface area contributed by atoms with Crippen molar-refractivity contribution >= 4 is 10.9 Å². The predicted octanol–water partition coefficient (Wildman–Crippen LogP) is 5.22. The van der Waals surface area contributed by atoms with E-state index in [9.17, 15) is 4.39 Å². The summed E-state index contributed by atoms with van der Waals surface area (Å²) in [5.74, 6) is 0.511. The lowest BCUT2D eigenvalue weighted by molar-refractivity contribution is 0.299. The monoisotopic (exact) mass is 374 g/mol. The molecular weight excluding hydrogens is 351 g/mol. The maximum Gasteiger partial charge on any atom is 0.129 e. The van der Waals surface area contributed by atoms with Gasteiger partial charge in [-0.05, 0) is 48.4 Å². The van der Waals surface area contributed by atoms with Gasteiger partial charge in [0.05, 0.1) is 0 Å². The molecule has 0 radical (unpaired) electrons. The summed E-state index contributed by atoms with van der Waals surface area (Å²) in [6.07, 6.45) is 3.05. The number of hydrogen-bond acceptors (Lipinski definition) is 2. The van der Waals surface area contributed by atoms with Crippen molar-refractivity contribution in [1.82, 2.24) is 10.3 Å². The van der Waals surface area contributed by atoms with E-state index in [1.165, 1.54) is 22.5 Å². The van der Waals surface area contributed by atoms with Crippen LogP contribution < -0.4 is 10.1 Å². The lowest BCUT2D eigenvalue weighted by Crippen LogP contribution is -2.16. The van der Waals surface area contributed by atoms with Crippen molar-refractivity contribution in [1.29, 1.82) is 0 Å². The van der Waals surface area contributed by atoms with E-state index in [2.05, 4.69) is 40.8 Å². The van der Waals surface area contributed by atoms with Gasteiger partial charge >= 0.3 is 0 Å². The fraction of sp³-hybridized carbons (Fsp3) is 0.167. The number of fused-ring (bicyclic) bond motifs is 1. The summed E-state index contributed by atoms with van der Waals surface area (Å²) in [6.45, 7) is 1.88. The van der Waals surface area contributed by atoms with Crippen molar-refractivity contribution < 1.29 is 9.13 Å². The first kappa shape index (κ1) is 18.3. The number of aromatic amines is 1. The Morgan fingerprint density at radius 3 is 2.68 bits per heavy atom. The van der Waals surface area contributed by atoms with Crippen LogP contribution in [0, 0.1) is 5.82 Å². The van der Waals surface area contributed by atoms with Gasteiger partial charge in [0.25, 0.3) is 0 Å². The Kier molecular flexibility index (Phi) is 5.69. The number of rotatable bonds is 8. The Morgan fingerprint density at radius 2 is 1.75 bits per heavy atom. The molecule has 4 aromatic rings. The summed E-state index contributed by atoms with van der Waals surface area (Å²) in [5, 5.41) is 4.77. The zero-order valence-corrected chi connectivity index (χ0v) is 15.6. The van der Waals surface area contributed by atoms with Crippen molar-refractivity contribution in [3.63, 3.8) is 0 Å². The largest absolute Gasteiger partial charge is 0.489 e. The molecule has 4 rings (SSSR count). The van der Waals surface area contributed by atoms with Crippen molar-refractivity contribution in [2.24, 2.45) is 0 Å². The molecule has 0 saturated carbocycles. The topological polar surface area (TPSA) is 37.0 Å². The molecule has 0 aliphatic carbocycles. The number of para-hydroxylation sites is 1. The molecule has 28 heavy (non-hydrogen) atoms. The summed E-state index contributed by atoms with van der Waals surface area (Å²) < 4.78 is 19.5. The Labute approximate surface area is 164 Å². The van der Waals surface area contributed by atoms with E-state index in [0.29, 0.717) is 5.56 Å². The highest BCUT2D eigenvalue weighted by Crippen LogP contribution is 2.18. The molecule has 1 aromatic heterocycles. The number of benzene rings is 3. The second kappa shape index (κ2) is 8.72. The van der Waals surface area contributed by atoms with Gasteiger partial charge in [-0.15, -0.1) is 0 Å². The van der Waals surface area contributed by atoms with Crippen LogP contribution in [0.15, 0.2) is 79.0 Å². The van der Waals surface area contributed by atoms with E-state index in [1.807, 2.05) is 30.3 Å². The van der Waals surface area contributed by atoms with Crippen molar-refractivity contribution in [3.05, 3.63) is 102 Å². The summed E-state index contributed by atoms with van der Waals surface area (Å²) in [7, 11) is 0. The smallest absolute Gasteiger partial charge is 0.129 e. The van der Waals surface area contributed by atoms with Crippen LogP contribution in [0.5, 0.6) is 5.75 Å². The van der Waals surface area contributed by atoms with Crippen molar-refractivity contribution in [2.75, 3.05) is 6.54 Å². The average Bonchev–Trinajstić information content (AvgIpc) is 3.14. The van der Waals surface area contributed by atoms with Crippen molar-refractivity contribution in [2.45, 2.75) is 19.6 Å². The molecule has 3 aromatic carbocycles. The van der Waals surface area contributed by atoms with E-state index in [0.717, 1.165) is 30.8 Å². The number of hydrogen-bond donors (Lipinski definition) is 2. The molecular formula is C24H23FN2O. The molecule has 142 valence electrons. The van der Waals surface area contributed by atoms with Crippen LogP contribution in [-0.2, 0) is 19.6 Å². The van der Waals surface area contributed by atoms with Gasteiger partial charge in [0.1, 0.15) is 18.2 Å². The van der Waals surface area contributed by atoms with Gasteiger partial charge in [-0.1, -0.05) is 48.5 Å². The minimum absolute atomic E-state index is 0.226. The number of nitrogens with one attached hydrogen (secondary N) is 2. The Bertz CT molecular complexity index is 1060. The van der Waals surface area contributed by atoms with Gasteiger partial charge in [-0.25, -0.2) is 4.39 Å². The Balaban J connectivity index is 1.28. The normalized spacial score (nSPS) is 11.0. The molecule has 3 nitrogen and oxygen atoms in total. The van der Waals surface area contributed by atoms with Crippen LogP contribution in [0.25, 0.3) is 10.9 Å². The minimum atomic E-state index is -0.238. The molecule has 0 fully saturated rings. The zero-order chi connectivity index (χ0) is 19.2. The number of ether oxygens (including phenoxy) is 1. The summed E-state index contributed by atoms with van der Waals surface area (Å²) in [6, 6.07) is 23.0. The Morgan fingerprint density at radius 1 is 0.893 bits per heavy atom. The van der Waals surface area contributed by atoms with Gasteiger partial charge in [0, 0.05) is 29.2 Å². The van der Waals surface area contributed by atoms with Crippen LogP contribution in [0.3, 0.4) is 0 Å². The first-order chi connectivity index (χ1) is 13.8. The second-order valence-corrected chi connectivity index (χ2v) is 6.81. The van der Waals surface area contributed by atoms with Crippen LogP contribution in [0.4, 0.5) is 4.39 Å². The highest BCUT2D eigenvalue weighted by Gasteiger charge is 2.04. The van der Waals surface area contributed by atoms with Gasteiger partial charge < -0.3 is 15.0 Å². The van der Waals surface area contributed by atoms with Crippen LogP contribution in [0.2, 0.25) is 0 Å². The zero-order valence-electron chi connectivity index (χ0n) is 15.6. The standard InChI is InChI=1S/C24H23FN2O/c25-23-10-3-1-7-20(23)17-28-21-8-5-6-18(14-21)15-26-13-12-19-16-27-24-11-4-2-9-22(19)24/h1-11,14,16,26-27H,12-13,15,17H2. The van der Waals surface area contributed by atoms with Crippen LogP contribution in [-0.4, -0.2) is 11.5 Å². The molecule has 0 aliphatic rings. The van der Waals surface area contributed by atoms with Gasteiger partial charge in [0.15, 0.2) is 0 Å². The molecule has 0 spiro atoms. The summed E-state index contributed by atoms with van der Waals surface area (Å²) in [4.78, 5) is 3.31. The maximum atomic E-state index is 13.7. The fourth-order valence-corrected chi connectivity index (χ4v) is 3.32. The predicted molar refractivity (Wildman–Crippen MR) is 111 cm³/mol. The van der Waals surface area contributed by atoms with E-state index >= 15 is 0 Å². The molecule has 0 saturated heterocycles. The highest BCUT2D eigenvalue weighted by atomic mass is 19.1. The first-order valence-corrected chi connectivity index (χ1v) is 9.50. The van der Waals surface area contributed by atoms with Gasteiger partial charge in [0.2, 0.25) is 0 Å². The van der Waals surface area contributed by atoms with E-state index in [4.69, 9.17) is 4.74 Å². The second-order valence-electron chi connectivity index (χ2n) is 6.81. The van der Waals surface area contributed by atoms with E-state index in [-0.39, 0.29) is 12.4 Å². The molecule has 0 amide bonds. The van der Waals surface area contributed by atoms with Crippen LogP contribution in [0.1, 0.15) is 16.7 Å². The third-order valence-corrected chi connectivity index (χ3v) is 4.83. The van der Waals surface area contributed by atoms with Crippen LogP contribution >= 0.6 is 0 Å². The third kappa shape index (κ3) is 4.41. The SMILES string of the molecule is Fc1ccccc1COc1cccc(CNCCc2c[nH]c3ccccc23)c1. The highest BCUT2D eigenvalue weighted by molar-refractivity contribution is 5.83. The molecule has 4 heteroatoms. The van der Waals surface area contributed by atoms with Crippen molar-refractivity contribution in [3.8, 4) is 5.75 Å².